The average Bonchev–Trinajstić information content (AvgIpc) is 1.92. The molecule has 1 heterocycles. The molecule has 0 aromatic heterocycles. The first-order valence-corrected chi connectivity index (χ1v) is 2.81. The minimum Gasteiger partial charge on any atom is -0.373 e. The second-order valence-electron chi connectivity index (χ2n) is 2.09. The van der Waals surface area contributed by atoms with Crippen LogP contribution in [0.3, 0.4) is 0 Å². The third-order valence-corrected chi connectivity index (χ3v) is 1.04. The van der Waals surface area contributed by atoms with Crippen LogP contribution in [0, 0.1) is 0 Å². The van der Waals surface area contributed by atoms with Gasteiger partial charge in [0.05, 0.1) is 13.2 Å². The Morgan fingerprint density at radius 2 is 1.44 bits per heavy atom. The van der Waals surface area contributed by atoms with E-state index < -0.39 is 5.79 Å². The Labute approximate surface area is 53.0 Å². The molecule has 4 nitrogen and oxygen atoms in total. The summed E-state index contributed by atoms with van der Waals surface area (Å²) in [6.45, 7) is 0.742. The van der Waals surface area contributed by atoms with E-state index in [0.29, 0.717) is 13.2 Å². The zero-order valence-electron chi connectivity index (χ0n) is 5.04. The van der Waals surface area contributed by atoms with Gasteiger partial charge in [-0.05, 0) is 0 Å². The van der Waals surface area contributed by atoms with Crippen LogP contribution in [0.1, 0.15) is 0 Å². The third-order valence-electron chi connectivity index (χ3n) is 1.04. The summed E-state index contributed by atoms with van der Waals surface area (Å²) in [4.78, 5) is 0. The lowest BCUT2D eigenvalue weighted by molar-refractivity contribution is -0.207. The lowest BCUT2D eigenvalue weighted by Crippen LogP contribution is -2.37. The Bertz CT molecular complexity index is 81.0. The highest BCUT2D eigenvalue weighted by Gasteiger charge is 2.25. The SMILES string of the molecule is OC1(O)COCCOC1. The first kappa shape index (κ1) is 6.95. The second kappa shape index (κ2) is 2.62. The molecule has 0 unspecified atom stereocenters. The predicted molar refractivity (Wildman–Crippen MR) is 28.8 cm³/mol. The van der Waals surface area contributed by atoms with Crippen molar-refractivity contribution >= 4 is 0 Å². The van der Waals surface area contributed by atoms with Gasteiger partial charge >= 0.3 is 0 Å². The molecule has 1 saturated heterocycles. The van der Waals surface area contributed by atoms with Crippen LogP contribution in [0.5, 0.6) is 0 Å². The molecular weight excluding hydrogens is 124 g/mol. The first-order chi connectivity index (χ1) is 4.21. The molecular formula is C5H10O4. The summed E-state index contributed by atoms with van der Waals surface area (Å²) in [6, 6.07) is 0. The van der Waals surface area contributed by atoms with Crippen molar-refractivity contribution in [1.82, 2.24) is 0 Å². The standard InChI is InChI=1S/C5H10O4/c6-5(7)3-8-1-2-9-4-5/h6-7H,1-4H2. The predicted octanol–water partition coefficient (Wildman–Crippen LogP) is -1.29. The van der Waals surface area contributed by atoms with Gasteiger partial charge in [-0.2, -0.15) is 0 Å². The Morgan fingerprint density at radius 3 is 1.89 bits per heavy atom. The smallest absolute Gasteiger partial charge is 0.211 e. The van der Waals surface area contributed by atoms with Gasteiger partial charge in [-0.3, -0.25) is 0 Å². The van der Waals surface area contributed by atoms with E-state index >= 15 is 0 Å². The molecule has 0 aromatic carbocycles. The molecule has 0 radical (unpaired) electrons. The van der Waals surface area contributed by atoms with Crippen molar-refractivity contribution in [3.05, 3.63) is 0 Å². The molecule has 0 aromatic rings. The van der Waals surface area contributed by atoms with Gasteiger partial charge in [-0.15, -0.1) is 0 Å². The minimum absolute atomic E-state index is 0.0625. The minimum atomic E-state index is -1.78. The van der Waals surface area contributed by atoms with Crippen molar-refractivity contribution < 1.29 is 19.7 Å². The van der Waals surface area contributed by atoms with Gasteiger partial charge in [-0.1, -0.05) is 0 Å². The number of ether oxygens (including phenoxy) is 2. The Kier molecular flexibility index (Phi) is 2.02. The zero-order valence-corrected chi connectivity index (χ0v) is 5.04. The fourth-order valence-corrected chi connectivity index (χ4v) is 0.631. The zero-order chi connectivity index (χ0) is 6.74. The largest absolute Gasteiger partial charge is 0.373 e. The van der Waals surface area contributed by atoms with Crippen LogP contribution >= 0.6 is 0 Å². The highest BCUT2D eigenvalue weighted by Crippen LogP contribution is 2.03. The number of hydrogen-bond donors (Lipinski definition) is 2. The third kappa shape index (κ3) is 2.28. The number of aliphatic hydroxyl groups is 2. The summed E-state index contributed by atoms with van der Waals surface area (Å²) in [5, 5.41) is 17.7. The summed E-state index contributed by atoms with van der Waals surface area (Å²) in [5.41, 5.74) is 0. The lowest BCUT2D eigenvalue weighted by Gasteiger charge is -2.16. The Balaban J connectivity index is 2.36. The fraction of sp³-hybridized carbons (Fsp3) is 1.00. The average molecular weight is 134 g/mol. The van der Waals surface area contributed by atoms with Gasteiger partial charge < -0.3 is 19.7 Å². The molecule has 4 heteroatoms. The Hall–Kier alpha value is -0.160. The highest BCUT2D eigenvalue weighted by molar-refractivity contribution is 4.63. The van der Waals surface area contributed by atoms with E-state index in [1.165, 1.54) is 0 Å². The van der Waals surface area contributed by atoms with Gasteiger partial charge in [0.2, 0.25) is 5.79 Å². The fourth-order valence-electron chi connectivity index (χ4n) is 0.631. The van der Waals surface area contributed by atoms with Crippen molar-refractivity contribution in [2.24, 2.45) is 0 Å². The van der Waals surface area contributed by atoms with E-state index in [1.54, 1.807) is 0 Å². The van der Waals surface area contributed by atoms with Gasteiger partial charge in [0, 0.05) is 0 Å². The molecule has 0 saturated carbocycles. The molecule has 0 amide bonds. The molecule has 1 aliphatic rings. The van der Waals surface area contributed by atoms with E-state index in [2.05, 4.69) is 0 Å². The Morgan fingerprint density at radius 1 is 1.00 bits per heavy atom. The van der Waals surface area contributed by atoms with Crippen molar-refractivity contribution in [2.45, 2.75) is 5.79 Å². The summed E-state index contributed by atoms with van der Waals surface area (Å²) < 4.78 is 9.57. The summed E-state index contributed by atoms with van der Waals surface area (Å²) in [7, 11) is 0. The van der Waals surface area contributed by atoms with Crippen LogP contribution in [0.25, 0.3) is 0 Å². The first-order valence-electron chi connectivity index (χ1n) is 2.81. The van der Waals surface area contributed by atoms with Gasteiger partial charge in [0.15, 0.2) is 0 Å². The lowest BCUT2D eigenvalue weighted by atomic mass is 10.3. The van der Waals surface area contributed by atoms with Crippen LogP contribution in [-0.4, -0.2) is 42.4 Å². The van der Waals surface area contributed by atoms with Gasteiger partial charge in [0.1, 0.15) is 13.2 Å². The topological polar surface area (TPSA) is 58.9 Å². The van der Waals surface area contributed by atoms with Crippen molar-refractivity contribution in [3.63, 3.8) is 0 Å². The van der Waals surface area contributed by atoms with E-state index in [4.69, 9.17) is 19.7 Å². The van der Waals surface area contributed by atoms with E-state index in [9.17, 15) is 0 Å². The highest BCUT2D eigenvalue weighted by atomic mass is 16.6. The van der Waals surface area contributed by atoms with Crippen LogP contribution in [-0.2, 0) is 9.47 Å². The van der Waals surface area contributed by atoms with Gasteiger partial charge in [-0.25, -0.2) is 0 Å². The molecule has 54 valence electrons. The quantitative estimate of drug-likeness (QED) is 0.405. The van der Waals surface area contributed by atoms with Crippen LogP contribution in [0.2, 0.25) is 0 Å². The molecule has 0 atom stereocenters. The van der Waals surface area contributed by atoms with Crippen molar-refractivity contribution in [3.8, 4) is 0 Å². The van der Waals surface area contributed by atoms with Gasteiger partial charge in [0.25, 0.3) is 0 Å². The molecule has 1 fully saturated rings. The summed E-state index contributed by atoms with van der Waals surface area (Å²) >= 11 is 0. The molecule has 2 N–H and O–H groups in total. The van der Waals surface area contributed by atoms with Crippen LogP contribution in [0.4, 0.5) is 0 Å². The molecule has 0 aliphatic carbocycles. The molecule has 1 rings (SSSR count). The van der Waals surface area contributed by atoms with Crippen molar-refractivity contribution in [2.75, 3.05) is 26.4 Å². The normalized spacial score (nSPS) is 27.3. The molecule has 0 spiro atoms. The van der Waals surface area contributed by atoms with Crippen LogP contribution < -0.4 is 0 Å². The number of rotatable bonds is 0. The van der Waals surface area contributed by atoms with E-state index in [0.717, 1.165) is 0 Å². The molecule has 1 aliphatic heterocycles. The number of hydrogen-bond acceptors (Lipinski definition) is 4. The molecule has 9 heavy (non-hydrogen) atoms. The van der Waals surface area contributed by atoms with Crippen LogP contribution in [0.15, 0.2) is 0 Å². The summed E-state index contributed by atoms with van der Waals surface area (Å²) in [6.07, 6.45) is 0. The summed E-state index contributed by atoms with van der Waals surface area (Å²) in [5.74, 6) is -1.78. The van der Waals surface area contributed by atoms with E-state index in [1.807, 2.05) is 0 Å². The van der Waals surface area contributed by atoms with Crippen molar-refractivity contribution in [1.29, 1.82) is 0 Å². The monoisotopic (exact) mass is 134 g/mol. The maximum atomic E-state index is 8.86. The van der Waals surface area contributed by atoms with E-state index in [-0.39, 0.29) is 13.2 Å². The second-order valence-corrected chi connectivity index (χ2v) is 2.09. The maximum absolute atomic E-state index is 8.86. The maximum Gasteiger partial charge on any atom is 0.211 e. The molecule has 0 bridgehead atoms.